The van der Waals surface area contributed by atoms with Gasteiger partial charge in [-0.25, -0.2) is 0 Å². The molecule has 0 spiro atoms. The van der Waals surface area contributed by atoms with Crippen molar-refractivity contribution in [3.05, 3.63) is 48.5 Å². The minimum absolute atomic E-state index is 0.332. The molecule has 0 saturated carbocycles. The van der Waals surface area contributed by atoms with E-state index in [4.69, 9.17) is 14.6 Å². The predicted molar refractivity (Wildman–Crippen MR) is 149 cm³/mol. The molecule has 0 amide bonds. The molecule has 3 nitrogen and oxygen atoms in total. The molecule has 3 heteroatoms. The second kappa shape index (κ2) is 20.2. The molecule has 2 aromatic carbocycles. The molecular formula is C32H50O3. The van der Waals surface area contributed by atoms with Gasteiger partial charge >= 0.3 is 0 Å². The number of aliphatic hydroxyl groups excluding tert-OH is 1. The highest BCUT2D eigenvalue weighted by molar-refractivity contribution is 5.64. The molecule has 0 aliphatic rings. The number of ether oxygens (including phenoxy) is 2. The summed E-state index contributed by atoms with van der Waals surface area (Å²) in [4.78, 5) is 0. The summed E-state index contributed by atoms with van der Waals surface area (Å²) >= 11 is 0. The fraction of sp³-hybridized carbons (Fsp3) is 0.625. The van der Waals surface area contributed by atoms with Crippen molar-refractivity contribution < 1.29 is 14.6 Å². The highest BCUT2D eigenvalue weighted by atomic mass is 16.5. The van der Waals surface area contributed by atoms with Crippen LogP contribution in [0.4, 0.5) is 0 Å². The Hall–Kier alpha value is -2.00. The molecule has 0 bridgehead atoms. The van der Waals surface area contributed by atoms with E-state index in [1.807, 2.05) is 0 Å². The molecule has 0 aliphatic carbocycles. The van der Waals surface area contributed by atoms with E-state index in [1.54, 1.807) is 0 Å². The van der Waals surface area contributed by atoms with Gasteiger partial charge in [-0.3, -0.25) is 0 Å². The van der Waals surface area contributed by atoms with Gasteiger partial charge in [0.25, 0.3) is 0 Å². The molecular weight excluding hydrogens is 432 g/mol. The van der Waals surface area contributed by atoms with Crippen LogP contribution < -0.4 is 9.47 Å². The fourth-order valence-corrected chi connectivity index (χ4v) is 4.38. The zero-order valence-corrected chi connectivity index (χ0v) is 22.3. The lowest BCUT2D eigenvalue weighted by atomic mass is 10.1. The maximum absolute atomic E-state index is 8.79. The summed E-state index contributed by atoms with van der Waals surface area (Å²) in [6.07, 6.45) is 20.1. The van der Waals surface area contributed by atoms with Gasteiger partial charge in [-0.05, 0) is 54.7 Å². The van der Waals surface area contributed by atoms with Gasteiger partial charge in [-0.1, -0.05) is 115 Å². The number of aliphatic hydroxyl groups is 1. The summed E-state index contributed by atoms with van der Waals surface area (Å²) in [5.74, 6) is 1.91. The van der Waals surface area contributed by atoms with Gasteiger partial charge in [-0.2, -0.15) is 0 Å². The van der Waals surface area contributed by atoms with Crippen LogP contribution in [0, 0.1) is 0 Å². The van der Waals surface area contributed by atoms with E-state index in [-0.39, 0.29) is 0 Å². The smallest absolute Gasteiger partial charge is 0.119 e. The molecule has 0 fully saturated rings. The summed E-state index contributed by atoms with van der Waals surface area (Å²) in [7, 11) is 0. The van der Waals surface area contributed by atoms with E-state index < -0.39 is 0 Å². The van der Waals surface area contributed by atoms with E-state index >= 15 is 0 Å². The van der Waals surface area contributed by atoms with E-state index in [1.165, 1.54) is 88.2 Å². The van der Waals surface area contributed by atoms with Gasteiger partial charge in [0, 0.05) is 6.61 Å². The second-order valence-electron chi connectivity index (χ2n) is 9.77. The SMILES string of the molecule is CCCCCCCCCCOc1ccc(-c2ccc(OCCCCCCCCCCO)cc2)cc1. The highest BCUT2D eigenvalue weighted by Gasteiger charge is 2.01. The summed E-state index contributed by atoms with van der Waals surface area (Å²) in [6, 6.07) is 16.9. The van der Waals surface area contributed by atoms with Crippen LogP contribution in [0.15, 0.2) is 48.5 Å². The topological polar surface area (TPSA) is 38.7 Å². The lowest BCUT2D eigenvalue weighted by molar-refractivity contribution is 0.282. The molecule has 0 saturated heterocycles. The minimum atomic E-state index is 0.332. The Labute approximate surface area is 215 Å². The molecule has 0 heterocycles. The number of rotatable bonds is 22. The summed E-state index contributed by atoms with van der Waals surface area (Å²) in [5, 5.41) is 8.79. The average molecular weight is 483 g/mol. The van der Waals surface area contributed by atoms with Crippen LogP contribution in [0.2, 0.25) is 0 Å². The summed E-state index contributed by atoms with van der Waals surface area (Å²) < 4.78 is 11.9. The van der Waals surface area contributed by atoms with Gasteiger partial charge < -0.3 is 14.6 Å². The fourth-order valence-electron chi connectivity index (χ4n) is 4.38. The first-order chi connectivity index (χ1) is 17.3. The highest BCUT2D eigenvalue weighted by Crippen LogP contribution is 2.25. The monoisotopic (exact) mass is 482 g/mol. The number of hydrogen-bond acceptors (Lipinski definition) is 3. The van der Waals surface area contributed by atoms with Crippen LogP contribution >= 0.6 is 0 Å². The van der Waals surface area contributed by atoms with Gasteiger partial charge in [0.2, 0.25) is 0 Å². The van der Waals surface area contributed by atoms with Crippen molar-refractivity contribution in [1.82, 2.24) is 0 Å². The van der Waals surface area contributed by atoms with Crippen LogP contribution in [-0.4, -0.2) is 24.9 Å². The zero-order chi connectivity index (χ0) is 24.8. The van der Waals surface area contributed by atoms with E-state index in [2.05, 4.69) is 55.5 Å². The first kappa shape index (κ1) is 29.2. The zero-order valence-electron chi connectivity index (χ0n) is 22.3. The van der Waals surface area contributed by atoms with Crippen LogP contribution in [0.5, 0.6) is 11.5 Å². The van der Waals surface area contributed by atoms with Crippen molar-refractivity contribution in [2.24, 2.45) is 0 Å². The van der Waals surface area contributed by atoms with Gasteiger partial charge in [0.15, 0.2) is 0 Å². The normalized spacial score (nSPS) is 11.0. The minimum Gasteiger partial charge on any atom is -0.494 e. The van der Waals surface area contributed by atoms with Crippen LogP contribution in [0.25, 0.3) is 11.1 Å². The maximum Gasteiger partial charge on any atom is 0.119 e. The quantitative estimate of drug-likeness (QED) is 0.170. The van der Waals surface area contributed by atoms with Gasteiger partial charge in [0.05, 0.1) is 13.2 Å². The van der Waals surface area contributed by atoms with Crippen molar-refractivity contribution in [1.29, 1.82) is 0 Å². The van der Waals surface area contributed by atoms with Crippen molar-refractivity contribution in [2.75, 3.05) is 19.8 Å². The Morgan fingerprint density at radius 1 is 0.457 bits per heavy atom. The first-order valence-corrected chi connectivity index (χ1v) is 14.4. The van der Waals surface area contributed by atoms with Crippen LogP contribution in [0.3, 0.4) is 0 Å². The Morgan fingerprint density at radius 3 is 1.17 bits per heavy atom. The van der Waals surface area contributed by atoms with Crippen LogP contribution in [-0.2, 0) is 0 Å². The molecule has 35 heavy (non-hydrogen) atoms. The summed E-state index contributed by atoms with van der Waals surface area (Å²) in [5.41, 5.74) is 2.41. The van der Waals surface area contributed by atoms with E-state index in [0.717, 1.165) is 50.4 Å². The molecule has 1 N–H and O–H groups in total. The third kappa shape index (κ3) is 14.2. The van der Waals surface area contributed by atoms with Crippen molar-refractivity contribution in [2.45, 2.75) is 110 Å². The van der Waals surface area contributed by atoms with E-state index in [9.17, 15) is 0 Å². The van der Waals surface area contributed by atoms with Crippen molar-refractivity contribution >= 4 is 0 Å². The maximum atomic E-state index is 8.79. The van der Waals surface area contributed by atoms with Crippen molar-refractivity contribution in [3.8, 4) is 22.6 Å². The Bertz CT molecular complexity index is 723. The number of hydrogen-bond donors (Lipinski definition) is 1. The molecule has 0 atom stereocenters. The third-order valence-corrected chi connectivity index (χ3v) is 6.63. The van der Waals surface area contributed by atoms with Crippen molar-refractivity contribution in [3.63, 3.8) is 0 Å². The van der Waals surface area contributed by atoms with Gasteiger partial charge in [-0.15, -0.1) is 0 Å². The average Bonchev–Trinajstić information content (AvgIpc) is 2.89. The predicted octanol–water partition coefficient (Wildman–Crippen LogP) is 9.36. The Balaban J connectivity index is 1.55. The molecule has 0 aromatic heterocycles. The molecule has 2 aromatic rings. The molecule has 196 valence electrons. The number of unbranched alkanes of at least 4 members (excludes halogenated alkanes) is 14. The lowest BCUT2D eigenvalue weighted by Crippen LogP contribution is -1.97. The number of benzene rings is 2. The standard InChI is InChI=1S/C32H50O3/c1-2-3-4-5-6-10-13-16-27-34-31-22-18-29(19-23-31)30-20-24-32(25-21-30)35-28-17-14-11-8-7-9-12-15-26-33/h18-25,33H,2-17,26-28H2,1H3. The molecule has 2 rings (SSSR count). The Morgan fingerprint density at radius 2 is 0.800 bits per heavy atom. The van der Waals surface area contributed by atoms with Gasteiger partial charge in [0.1, 0.15) is 11.5 Å². The lowest BCUT2D eigenvalue weighted by Gasteiger charge is -2.09. The summed E-state index contributed by atoms with van der Waals surface area (Å²) in [6.45, 7) is 4.20. The molecule has 0 aliphatic heterocycles. The third-order valence-electron chi connectivity index (χ3n) is 6.63. The second-order valence-corrected chi connectivity index (χ2v) is 9.77. The Kier molecular flexibility index (Phi) is 16.9. The van der Waals surface area contributed by atoms with Crippen LogP contribution in [0.1, 0.15) is 110 Å². The van der Waals surface area contributed by atoms with E-state index in [0.29, 0.717) is 6.61 Å². The largest absolute Gasteiger partial charge is 0.494 e. The molecule has 0 radical (unpaired) electrons. The first-order valence-electron chi connectivity index (χ1n) is 14.4. The molecule has 0 unspecified atom stereocenters.